The summed E-state index contributed by atoms with van der Waals surface area (Å²) in [6, 6.07) is 11.4. The Bertz CT molecular complexity index is 745. The fourth-order valence-electron chi connectivity index (χ4n) is 2.41. The summed E-state index contributed by atoms with van der Waals surface area (Å²) in [5.41, 5.74) is 5.15. The number of hydrogen-bond acceptors (Lipinski definition) is 4. The smallest absolute Gasteiger partial charge is 0.211 e. The van der Waals surface area contributed by atoms with Gasteiger partial charge in [-0.3, -0.25) is 0 Å². The third-order valence-corrected chi connectivity index (χ3v) is 3.26. The molecule has 0 aromatic heterocycles. The van der Waals surface area contributed by atoms with Crippen molar-refractivity contribution in [2.45, 2.75) is 20.3 Å². The lowest BCUT2D eigenvalue weighted by Crippen LogP contribution is -1.92. The number of para-hydroxylation sites is 1. The van der Waals surface area contributed by atoms with Crippen LogP contribution in [0.15, 0.2) is 46.4 Å². The molecule has 0 N–H and O–H groups in total. The second-order valence-corrected chi connectivity index (χ2v) is 4.79. The number of benzene rings is 2. The van der Waals surface area contributed by atoms with Crippen molar-refractivity contribution in [1.29, 1.82) is 0 Å². The van der Waals surface area contributed by atoms with Gasteiger partial charge >= 0.3 is 0 Å². The minimum Gasteiger partial charge on any atom is -0.211 e. The van der Waals surface area contributed by atoms with Crippen LogP contribution in [0.25, 0.3) is 0 Å². The molecule has 0 atom stereocenters. The fourth-order valence-corrected chi connectivity index (χ4v) is 2.41. The molecule has 0 saturated carbocycles. The van der Waals surface area contributed by atoms with Crippen molar-refractivity contribution in [2.75, 3.05) is 0 Å². The molecule has 0 radical (unpaired) electrons. The minimum atomic E-state index is 0.623. The van der Waals surface area contributed by atoms with Crippen LogP contribution in [0.5, 0.6) is 0 Å². The zero-order valence-electron chi connectivity index (χ0n) is 11.9. The van der Waals surface area contributed by atoms with Crippen LogP contribution in [0.2, 0.25) is 0 Å². The minimum absolute atomic E-state index is 0.623. The van der Waals surface area contributed by atoms with Gasteiger partial charge in [0, 0.05) is 0 Å². The number of isocyanates is 2. The summed E-state index contributed by atoms with van der Waals surface area (Å²) >= 11 is 0. The van der Waals surface area contributed by atoms with E-state index in [4.69, 9.17) is 0 Å². The van der Waals surface area contributed by atoms with Gasteiger partial charge in [-0.25, -0.2) is 9.59 Å². The van der Waals surface area contributed by atoms with Gasteiger partial charge in [-0.2, -0.15) is 9.98 Å². The molecule has 4 nitrogen and oxygen atoms in total. The molecule has 0 saturated heterocycles. The van der Waals surface area contributed by atoms with Crippen LogP contribution in [0.3, 0.4) is 0 Å². The second kappa shape index (κ2) is 6.58. The Hall–Kier alpha value is -2.80. The van der Waals surface area contributed by atoms with Gasteiger partial charge < -0.3 is 0 Å². The summed E-state index contributed by atoms with van der Waals surface area (Å²) in [4.78, 5) is 28.3. The molecule has 0 fully saturated rings. The number of carbonyl (C=O) groups excluding carboxylic acids is 2. The van der Waals surface area contributed by atoms with Crippen molar-refractivity contribution in [2.24, 2.45) is 9.98 Å². The van der Waals surface area contributed by atoms with Gasteiger partial charge in [0.15, 0.2) is 0 Å². The number of nitrogens with zero attached hydrogens (tertiary/aromatic N) is 2. The van der Waals surface area contributed by atoms with Crippen molar-refractivity contribution >= 4 is 23.5 Å². The number of aryl methyl sites for hydroxylation is 2. The Morgan fingerprint density at radius 3 is 2.19 bits per heavy atom. The first kappa shape index (κ1) is 14.6. The van der Waals surface area contributed by atoms with Gasteiger partial charge in [-0.15, -0.1) is 0 Å². The molecule has 2 aromatic carbocycles. The molecule has 0 unspecified atom stereocenters. The number of rotatable bonds is 4. The monoisotopic (exact) mass is 278 g/mol. The van der Waals surface area contributed by atoms with Crippen LogP contribution in [0.1, 0.15) is 22.3 Å². The Kier molecular flexibility index (Phi) is 4.57. The first-order valence-electron chi connectivity index (χ1n) is 6.49. The Morgan fingerprint density at radius 2 is 1.57 bits per heavy atom. The van der Waals surface area contributed by atoms with Gasteiger partial charge in [0.1, 0.15) is 0 Å². The molecule has 2 rings (SSSR count). The van der Waals surface area contributed by atoms with Crippen LogP contribution >= 0.6 is 0 Å². The highest BCUT2D eigenvalue weighted by Crippen LogP contribution is 2.28. The topological polar surface area (TPSA) is 58.9 Å². The average molecular weight is 278 g/mol. The van der Waals surface area contributed by atoms with E-state index >= 15 is 0 Å². The van der Waals surface area contributed by atoms with E-state index in [2.05, 4.69) is 9.98 Å². The molecule has 21 heavy (non-hydrogen) atoms. The van der Waals surface area contributed by atoms with Crippen LogP contribution < -0.4 is 0 Å². The lowest BCUT2D eigenvalue weighted by atomic mass is 9.98. The van der Waals surface area contributed by atoms with E-state index in [1.807, 2.05) is 44.2 Å². The molecule has 104 valence electrons. The average Bonchev–Trinajstić information content (AvgIpc) is 2.45. The molecule has 0 aliphatic rings. The molecular weight excluding hydrogens is 264 g/mol. The van der Waals surface area contributed by atoms with Crippen molar-refractivity contribution in [3.05, 3.63) is 58.7 Å². The highest BCUT2D eigenvalue weighted by molar-refractivity contribution is 5.60. The largest absolute Gasteiger partial charge is 0.240 e. The maximum atomic E-state index is 10.5. The van der Waals surface area contributed by atoms with E-state index in [9.17, 15) is 9.59 Å². The molecule has 4 heteroatoms. The quantitative estimate of drug-likeness (QED) is 0.630. The Balaban J connectivity index is 2.41. The molecule has 0 aliphatic heterocycles. The zero-order valence-corrected chi connectivity index (χ0v) is 11.9. The maximum absolute atomic E-state index is 10.5. The predicted molar refractivity (Wildman–Crippen MR) is 80.7 cm³/mol. The van der Waals surface area contributed by atoms with E-state index < -0.39 is 0 Å². The number of aliphatic imine (C=N–C) groups is 2. The maximum Gasteiger partial charge on any atom is 0.240 e. The van der Waals surface area contributed by atoms with Crippen molar-refractivity contribution < 1.29 is 9.59 Å². The summed E-state index contributed by atoms with van der Waals surface area (Å²) in [6.07, 6.45) is 3.80. The Morgan fingerprint density at radius 1 is 0.952 bits per heavy atom. The predicted octanol–water partition coefficient (Wildman–Crippen LogP) is 3.83. The standard InChI is InChI=1S/C17H14N2O2/c1-12-7-14(8-13(2)17(12)19-11-21)9-15-5-3-4-6-16(15)18-10-20/h3-8H,9H2,1-2H3. The first-order valence-corrected chi connectivity index (χ1v) is 6.49. The molecule has 0 spiro atoms. The van der Waals surface area contributed by atoms with Gasteiger partial charge in [0.2, 0.25) is 12.2 Å². The lowest BCUT2D eigenvalue weighted by Gasteiger charge is -2.09. The molecular formula is C17H14N2O2. The molecule has 0 aliphatic carbocycles. The van der Waals surface area contributed by atoms with Crippen LogP contribution in [0.4, 0.5) is 11.4 Å². The van der Waals surface area contributed by atoms with Crippen LogP contribution in [-0.4, -0.2) is 12.2 Å². The summed E-state index contributed by atoms with van der Waals surface area (Å²) in [5, 5.41) is 0. The third kappa shape index (κ3) is 3.40. The fraction of sp³-hybridized carbons (Fsp3) is 0.176. The van der Waals surface area contributed by atoms with E-state index in [1.54, 1.807) is 18.2 Å². The highest BCUT2D eigenvalue weighted by Gasteiger charge is 2.07. The van der Waals surface area contributed by atoms with Crippen LogP contribution in [-0.2, 0) is 16.0 Å². The Labute approximate surface area is 122 Å². The second-order valence-electron chi connectivity index (χ2n) is 4.79. The van der Waals surface area contributed by atoms with Crippen LogP contribution in [0, 0.1) is 13.8 Å². The van der Waals surface area contributed by atoms with Gasteiger partial charge in [0.05, 0.1) is 11.4 Å². The summed E-state index contributed by atoms with van der Waals surface area (Å²) in [5.74, 6) is 0. The zero-order chi connectivity index (χ0) is 15.2. The normalized spacial score (nSPS) is 9.62. The highest BCUT2D eigenvalue weighted by atomic mass is 16.1. The van der Waals surface area contributed by atoms with E-state index in [0.29, 0.717) is 17.8 Å². The van der Waals surface area contributed by atoms with Crippen molar-refractivity contribution in [1.82, 2.24) is 0 Å². The first-order chi connectivity index (χ1) is 10.2. The van der Waals surface area contributed by atoms with Crippen molar-refractivity contribution in [3.63, 3.8) is 0 Å². The van der Waals surface area contributed by atoms with E-state index in [1.165, 1.54) is 0 Å². The van der Waals surface area contributed by atoms with E-state index in [-0.39, 0.29) is 0 Å². The molecule has 0 amide bonds. The summed E-state index contributed by atoms with van der Waals surface area (Å²) < 4.78 is 0. The number of hydrogen-bond donors (Lipinski definition) is 0. The molecule has 0 bridgehead atoms. The molecule has 2 aromatic rings. The molecule has 0 heterocycles. The lowest BCUT2D eigenvalue weighted by molar-refractivity contribution is 0.564. The SMILES string of the molecule is Cc1cc(Cc2ccccc2N=C=O)cc(C)c1N=C=O. The van der Waals surface area contributed by atoms with Gasteiger partial charge in [0.25, 0.3) is 0 Å². The van der Waals surface area contributed by atoms with Gasteiger partial charge in [-0.05, 0) is 48.6 Å². The van der Waals surface area contributed by atoms with Crippen molar-refractivity contribution in [3.8, 4) is 0 Å². The van der Waals surface area contributed by atoms with E-state index in [0.717, 1.165) is 22.3 Å². The summed E-state index contributed by atoms with van der Waals surface area (Å²) in [7, 11) is 0. The summed E-state index contributed by atoms with van der Waals surface area (Å²) in [6.45, 7) is 3.81. The van der Waals surface area contributed by atoms with Gasteiger partial charge in [-0.1, -0.05) is 30.3 Å². The third-order valence-electron chi connectivity index (χ3n) is 3.26.